The Kier molecular flexibility index (Phi) is 3.80. The quantitative estimate of drug-likeness (QED) is 0.724. The Bertz CT molecular complexity index is 690. The summed E-state index contributed by atoms with van der Waals surface area (Å²) in [6.45, 7) is 0. The molecular formula is C18H15OP. The van der Waals surface area contributed by atoms with Crippen LogP contribution in [0.5, 0.6) is 5.75 Å². The van der Waals surface area contributed by atoms with Crippen molar-refractivity contribution in [1.29, 1.82) is 0 Å². The fourth-order valence-corrected chi connectivity index (χ4v) is 3.37. The van der Waals surface area contributed by atoms with Gasteiger partial charge in [-0.3, -0.25) is 0 Å². The zero-order valence-electron chi connectivity index (χ0n) is 11.0. The Hall–Kier alpha value is -2.11. The summed E-state index contributed by atoms with van der Waals surface area (Å²) in [7, 11) is 0.636. The van der Waals surface area contributed by atoms with Crippen LogP contribution in [-0.4, -0.2) is 5.11 Å². The van der Waals surface area contributed by atoms with Gasteiger partial charge in [0, 0.05) is 0 Å². The second kappa shape index (κ2) is 5.90. The smallest absolute Gasteiger partial charge is 0.115 e. The lowest BCUT2D eigenvalue weighted by Crippen LogP contribution is -2.05. The standard InChI is InChI=1S/C18H15OP/c19-15-12-10-14(11-13-15)17-8-4-5-9-18(17)20-16-6-2-1-3-7-16/h1-13,19-20H. The lowest BCUT2D eigenvalue weighted by molar-refractivity contribution is 0.475. The zero-order valence-corrected chi connectivity index (χ0v) is 12.0. The Morgan fingerprint density at radius 3 is 2.05 bits per heavy atom. The van der Waals surface area contributed by atoms with E-state index in [-0.39, 0.29) is 0 Å². The first-order valence-electron chi connectivity index (χ1n) is 6.53. The van der Waals surface area contributed by atoms with Crippen LogP contribution in [0.1, 0.15) is 0 Å². The van der Waals surface area contributed by atoms with Gasteiger partial charge in [-0.2, -0.15) is 0 Å². The molecule has 0 saturated heterocycles. The predicted molar refractivity (Wildman–Crippen MR) is 87.6 cm³/mol. The van der Waals surface area contributed by atoms with Crippen molar-refractivity contribution in [3.63, 3.8) is 0 Å². The second-order valence-electron chi connectivity index (χ2n) is 4.58. The van der Waals surface area contributed by atoms with E-state index < -0.39 is 0 Å². The summed E-state index contributed by atoms with van der Waals surface area (Å²) in [5, 5.41) is 12.1. The van der Waals surface area contributed by atoms with Gasteiger partial charge in [0.2, 0.25) is 0 Å². The normalized spacial score (nSPS) is 11.0. The van der Waals surface area contributed by atoms with Gasteiger partial charge in [0.1, 0.15) is 5.75 Å². The first-order valence-corrected chi connectivity index (χ1v) is 7.53. The number of benzene rings is 3. The van der Waals surface area contributed by atoms with Crippen LogP contribution in [0.3, 0.4) is 0 Å². The molecule has 0 heterocycles. The minimum Gasteiger partial charge on any atom is -0.508 e. The fraction of sp³-hybridized carbons (Fsp3) is 0. The third kappa shape index (κ3) is 2.89. The van der Waals surface area contributed by atoms with Crippen molar-refractivity contribution in [1.82, 2.24) is 0 Å². The number of hydrogen-bond acceptors (Lipinski definition) is 1. The van der Waals surface area contributed by atoms with Gasteiger partial charge in [-0.1, -0.05) is 75.3 Å². The Morgan fingerprint density at radius 1 is 0.650 bits per heavy atom. The minimum absolute atomic E-state index is 0.303. The van der Waals surface area contributed by atoms with E-state index in [1.807, 2.05) is 18.2 Å². The minimum atomic E-state index is 0.303. The Balaban J connectivity index is 1.98. The molecule has 3 rings (SSSR count). The van der Waals surface area contributed by atoms with E-state index in [2.05, 4.69) is 48.5 Å². The molecule has 98 valence electrons. The molecule has 0 saturated carbocycles. The van der Waals surface area contributed by atoms with E-state index in [1.165, 1.54) is 16.2 Å². The lowest BCUT2D eigenvalue weighted by Gasteiger charge is -2.10. The van der Waals surface area contributed by atoms with Gasteiger partial charge in [-0.05, 0) is 33.9 Å². The highest BCUT2D eigenvalue weighted by atomic mass is 31.1. The predicted octanol–water partition coefficient (Wildman–Crippen LogP) is 3.69. The summed E-state index contributed by atoms with van der Waals surface area (Å²) in [6, 6.07) is 26.3. The maximum Gasteiger partial charge on any atom is 0.115 e. The van der Waals surface area contributed by atoms with E-state index >= 15 is 0 Å². The molecule has 0 bridgehead atoms. The van der Waals surface area contributed by atoms with Crippen molar-refractivity contribution in [3.8, 4) is 16.9 Å². The van der Waals surface area contributed by atoms with Gasteiger partial charge in [0.15, 0.2) is 0 Å². The first kappa shape index (κ1) is 12.9. The highest BCUT2D eigenvalue weighted by molar-refractivity contribution is 7.55. The van der Waals surface area contributed by atoms with E-state index in [9.17, 15) is 5.11 Å². The van der Waals surface area contributed by atoms with Crippen molar-refractivity contribution in [2.24, 2.45) is 0 Å². The van der Waals surface area contributed by atoms with Crippen LogP contribution in [0.25, 0.3) is 11.1 Å². The van der Waals surface area contributed by atoms with Gasteiger partial charge in [-0.15, -0.1) is 0 Å². The summed E-state index contributed by atoms with van der Waals surface area (Å²) in [5.74, 6) is 0.303. The van der Waals surface area contributed by atoms with Gasteiger partial charge >= 0.3 is 0 Å². The molecule has 0 aliphatic heterocycles. The van der Waals surface area contributed by atoms with Gasteiger partial charge in [0.05, 0.1) is 0 Å². The lowest BCUT2D eigenvalue weighted by atomic mass is 10.1. The summed E-state index contributed by atoms with van der Waals surface area (Å²) in [6.07, 6.45) is 0. The van der Waals surface area contributed by atoms with E-state index in [4.69, 9.17) is 0 Å². The number of aromatic hydroxyl groups is 1. The molecule has 0 amide bonds. The summed E-state index contributed by atoms with van der Waals surface area (Å²) >= 11 is 0. The molecule has 0 aliphatic rings. The molecule has 0 radical (unpaired) electrons. The largest absolute Gasteiger partial charge is 0.508 e. The second-order valence-corrected chi connectivity index (χ2v) is 5.95. The van der Waals surface area contributed by atoms with E-state index in [1.54, 1.807) is 12.1 Å². The van der Waals surface area contributed by atoms with Crippen LogP contribution in [0, 0.1) is 0 Å². The van der Waals surface area contributed by atoms with Crippen LogP contribution >= 0.6 is 8.58 Å². The van der Waals surface area contributed by atoms with Crippen LogP contribution in [0.4, 0.5) is 0 Å². The van der Waals surface area contributed by atoms with Crippen molar-refractivity contribution >= 4 is 19.2 Å². The molecule has 0 aliphatic carbocycles. The summed E-state index contributed by atoms with van der Waals surface area (Å²) < 4.78 is 0. The molecular weight excluding hydrogens is 263 g/mol. The van der Waals surface area contributed by atoms with Gasteiger partial charge in [-0.25, -0.2) is 0 Å². The average Bonchev–Trinajstić information content (AvgIpc) is 2.50. The van der Waals surface area contributed by atoms with Gasteiger partial charge in [0.25, 0.3) is 0 Å². The highest BCUT2D eigenvalue weighted by Crippen LogP contribution is 2.24. The molecule has 3 aromatic rings. The molecule has 3 aromatic carbocycles. The van der Waals surface area contributed by atoms with Crippen molar-refractivity contribution < 1.29 is 5.11 Å². The number of phenolic OH excluding ortho intramolecular Hbond substituents is 1. The van der Waals surface area contributed by atoms with Crippen molar-refractivity contribution in [2.45, 2.75) is 0 Å². The van der Waals surface area contributed by atoms with Crippen LogP contribution < -0.4 is 10.6 Å². The summed E-state index contributed by atoms with van der Waals surface area (Å²) in [5.41, 5.74) is 2.37. The van der Waals surface area contributed by atoms with Crippen LogP contribution in [-0.2, 0) is 0 Å². The first-order chi connectivity index (χ1) is 9.83. The molecule has 0 aromatic heterocycles. The van der Waals surface area contributed by atoms with Crippen molar-refractivity contribution in [2.75, 3.05) is 0 Å². The third-order valence-electron chi connectivity index (χ3n) is 3.16. The number of phenols is 1. The maximum absolute atomic E-state index is 9.41. The zero-order chi connectivity index (χ0) is 13.8. The van der Waals surface area contributed by atoms with E-state index in [0.29, 0.717) is 14.3 Å². The van der Waals surface area contributed by atoms with Crippen molar-refractivity contribution in [3.05, 3.63) is 78.9 Å². The van der Waals surface area contributed by atoms with Gasteiger partial charge < -0.3 is 5.11 Å². The van der Waals surface area contributed by atoms with Crippen LogP contribution in [0.2, 0.25) is 0 Å². The van der Waals surface area contributed by atoms with E-state index in [0.717, 1.165) is 5.56 Å². The molecule has 1 unspecified atom stereocenters. The van der Waals surface area contributed by atoms with Crippen LogP contribution in [0.15, 0.2) is 78.9 Å². The fourth-order valence-electron chi connectivity index (χ4n) is 2.16. The number of rotatable bonds is 3. The molecule has 20 heavy (non-hydrogen) atoms. The molecule has 2 heteroatoms. The molecule has 1 nitrogen and oxygen atoms in total. The maximum atomic E-state index is 9.41. The number of hydrogen-bond donors (Lipinski definition) is 1. The third-order valence-corrected chi connectivity index (χ3v) is 4.49. The SMILES string of the molecule is Oc1ccc(-c2ccccc2Pc2ccccc2)cc1. The Labute approximate surface area is 120 Å². The average molecular weight is 278 g/mol. The highest BCUT2D eigenvalue weighted by Gasteiger charge is 2.05. The monoisotopic (exact) mass is 278 g/mol. The Morgan fingerprint density at radius 2 is 1.30 bits per heavy atom. The molecule has 0 fully saturated rings. The molecule has 0 spiro atoms. The summed E-state index contributed by atoms with van der Waals surface area (Å²) in [4.78, 5) is 0. The molecule has 1 N–H and O–H groups in total. The molecule has 1 atom stereocenters. The topological polar surface area (TPSA) is 20.2 Å².